The fourth-order valence-electron chi connectivity index (χ4n) is 16.8. The molecule has 0 fully saturated rings. The largest absolute Gasteiger partial charge is 0.508 e. The molecule has 5 rings (SSSR count). The quantitative estimate of drug-likeness (QED) is 0.00986. The third-order valence-corrected chi connectivity index (χ3v) is 26.7. The van der Waals surface area contributed by atoms with Crippen molar-refractivity contribution in [3.8, 4) is 5.75 Å². The van der Waals surface area contributed by atoms with E-state index in [2.05, 4.69) is 95.8 Å². The van der Waals surface area contributed by atoms with Crippen molar-refractivity contribution in [3.63, 3.8) is 0 Å². The number of ketones is 12. The maximum Gasteiger partial charge on any atom is 0.303 e. The minimum atomic E-state index is -1.95. The third kappa shape index (κ3) is 46.1. The summed E-state index contributed by atoms with van der Waals surface area (Å²) in [5, 5.41) is 69.9. The van der Waals surface area contributed by atoms with E-state index in [1.54, 1.807) is 116 Å². The molecule has 1 aromatic heterocycles. The second kappa shape index (κ2) is 66.0. The van der Waals surface area contributed by atoms with Crippen LogP contribution in [0.2, 0.25) is 0 Å². The number of hydrogen-bond acceptors (Lipinski definition) is 34. The van der Waals surface area contributed by atoms with Crippen molar-refractivity contribution in [3.05, 3.63) is 114 Å². The second-order valence-corrected chi connectivity index (χ2v) is 40.6. The number of carbonyl (C=O) groups excluding carboxylic acids is 19. The molecule has 43 nitrogen and oxygen atoms in total. The summed E-state index contributed by atoms with van der Waals surface area (Å²) < 4.78 is 0. The molecule has 0 spiro atoms. The number of aromatic amines is 1. The number of Topliss-reactive ketones (excluding diaryl/α,β-unsaturated/α-hetero) is 12. The summed E-state index contributed by atoms with van der Waals surface area (Å²) in [5.41, 5.74) is 21.1. The number of amides is 7. The molecule has 150 heavy (non-hydrogen) atoms. The molecule has 0 aliphatic carbocycles. The van der Waals surface area contributed by atoms with Gasteiger partial charge >= 0.3 is 5.97 Å². The van der Waals surface area contributed by atoms with E-state index in [9.17, 15) is 87.2 Å². The number of rotatable bonds is 55. The van der Waals surface area contributed by atoms with Crippen LogP contribution in [0.1, 0.15) is 255 Å². The van der Waals surface area contributed by atoms with Crippen LogP contribution in [-0.2, 0) is 115 Å². The Morgan fingerprint density at radius 1 is 0.513 bits per heavy atom. The number of aliphatic carboxylic acids is 1. The fourth-order valence-corrected chi connectivity index (χ4v) is 16.8. The number of primary amides is 2. The van der Waals surface area contributed by atoms with Gasteiger partial charge in [0.2, 0.25) is 64.5 Å². The number of aromatic hydroxyl groups is 1. The number of carboxylic acid groups (broad SMARTS) is 1. The molecule has 0 bridgehead atoms. The Bertz CT molecular complexity index is 5210. The van der Waals surface area contributed by atoms with Gasteiger partial charge in [-0.1, -0.05) is 120 Å². The van der Waals surface area contributed by atoms with Crippen LogP contribution in [0, 0.1) is 11.8 Å². The number of carboxylic acids is 1. The number of aliphatic hydroxyl groups is 1. The topological polar surface area (TPSA) is 674 Å². The molecule has 0 saturated heterocycles. The maximum absolute atomic E-state index is 15.6. The van der Waals surface area contributed by atoms with Crippen LogP contribution < -0.4 is 102 Å². The molecular weight excluding hydrogens is 1930 g/mol. The van der Waals surface area contributed by atoms with E-state index >= 15 is 24.0 Å². The standard InChI is InChI=1S/C107H164N20O23/c1-62(2)52-84(119-72(13)129)103(148)122-96(71(12)128)100(145)99(144)83(54-73-30-24-23-25-31-73)126-127-107(15)48-29-22-20-18-16-17-19-21-28-47-106(14,93(138)59-113-67(8)89(134)45-50-111-65(6)87(132)41-40-86(131)64(5)110-49-44-88(133)66(7)112-51-46-90(135)68(9)115-60-117-70(11)101(109)146)123-104(149)85(53-63(3)4)120-102(147)80(38-42-94(108)139)118-61-116-69(10)91(136)57-92(137)81(56-75-58-114-78-33-27-26-32-77(75)78)124-125-82(55-74-34-36-76(130)37-35-74)98(143)97(142)79(121-105(107)150)39-43-95(140)141/h17,19,23-27,30-37,58,62-71,79-85,96,110-118,124-128,130H,16,18,20-22,28-29,38-57,59-61H2,1-15H3,(H2,108,139)(H2,109,146)(H,119,129)(H,120,147)(H,121,150)(H,122,148)(H,123,149)(H,140,141)/b19-17+/t64-,65-,66-,67-,68-,69-,70+,71+,79-,80-,81-,82-,83-,84-,85-,96-,106-,107+/m0/s1. The Labute approximate surface area is 878 Å². The van der Waals surface area contributed by atoms with E-state index in [1.807, 2.05) is 26.0 Å². The average molecular weight is 2100 g/mol. The Hall–Kier alpha value is -12.0. The molecular formula is C107H164N20O23. The lowest BCUT2D eigenvalue weighted by Gasteiger charge is -2.34. The van der Waals surface area contributed by atoms with Crippen molar-refractivity contribution < 1.29 is 111 Å². The number of aromatic nitrogens is 1. The monoisotopic (exact) mass is 2100 g/mol. The first-order valence-electron chi connectivity index (χ1n) is 52.1. The molecule has 0 saturated carbocycles. The highest BCUT2D eigenvalue weighted by atomic mass is 16.4. The van der Waals surface area contributed by atoms with E-state index in [1.165, 1.54) is 58.9 Å². The summed E-state index contributed by atoms with van der Waals surface area (Å²) in [6, 6.07) is 3.68. The smallest absolute Gasteiger partial charge is 0.303 e. The van der Waals surface area contributed by atoms with Gasteiger partial charge in [0.05, 0.1) is 97.1 Å². The Morgan fingerprint density at radius 2 is 1.06 bits per heavy atom. The molecule has 4 aromatic rings. The van der Waals surface area contributed by atoms with Gasteiger partial charge in [-0.3, -0.25) is 117 Å². The van der Waals surface area contributed by atoms with Gasteiger partial charge in [0.15, 0.2) is 34.7 Å². The maximum atomic E-state index is 15.6. The highest BCUT2D eigenvalue weighted by Crippen LogP contribution is 2.25. The highest BCUT2D eigenvalue weighted by Gasteiger charge is 2.44. The lowest BCUT2D eigenvalue weighted by atomic mass is 9.88. The first kappa shape index (κ1) is 128. The van der Waals surface area contributed by atoms with Crippen LogP contribution in [0.4, 0.5) is 0 Å². The zero-order chi connectivity index (χ0) is 112. The number of allylic oxidation sites excluding steroid dienone is 2. The SMILES string of the molecule is CC(=O)N[C@@H](CC(C)C)C(=O)N[C@H](C(=O)C(=O)[C@H](Cc1ccccc1)NN[C@]1(C)CCCCCC/C=C/CCC[C@@](C)(C(=O)CN[C@@H](C)C(=O)CCN[C@@H](C)C(=O)CCC(=O)[C@H](C)NCCC(=O)[C@H](C)NCCC(=O)[C@H](C)NCN[C@H](C)C(N)=O)NC(=O)[C@H](CC(C)C)NC(=O)[C@H](CCC(N)=O)NCN[C@@H](C)C(=O)CC(=O)[C@H](Cc2c[nH]c3ccccc23)NN[C@@H](Cc2ccc(O)cc2)C(=O)C(=O)[C@H](CCC(=O)O)NC1=O)[C@@H](C)O. The number of aliphatic hydroxyl groups excluding tert-OH is 1. The van der Waals surface area contributed by atoms with E-state index in [0.717, 1.165) is 0 Å². The zero-order valence-electron chi connectivity index (χ0n) is 89.5. The van der Waals surface area contributed by atoms with Crippen molar-refractivity contribution in [1.82, 2.24) is 95.8 Å². The van der Waals surface area contributed by atoms with Crippen molar-refractivity contribution >= 4 is 128 Å². The summed E-state index contributed by atoms with van der Waals surface area (Å²) in [6.45, 7) is 23.7. The first-order chi connectivity index (χ1) is 70.8. The molecule has 7 amide bonds. The molecule has 3 aromatic carbocycles. The number of hydrogen-bond donors (Lipinski definition) is 23. The molecule has 18 atom stereocenters. The molecule has 2 heterocycles. The highest BCUT2D eigenvalue weighted by molar-refractivity contribution is 6.42. The molecule has 830 valence electrons. The number of para-hydroxylation sites is 1. The number of benzene rings is 3. The number of H-pyrrole nitrogens is 1. The van der Waals surface area contributed by atoms with Crippen molar-refractivity contribution in [1.29, 1.82) is 0 Å². The summed E-state index contributed by atoms with van der Waals surface area (Å²) in [4.78, 5) is 282. The molecule has 43 heteroatoms. The molecule has 1 aliphatic heterocycles. The van der Waals surface area contributed by atoms with Crippen LogP contribution in [0.15, 0.2) is 97.2 Å². The van der Waals surface area contributed by atoms with Crippen molar-refractivity contribution in [2.75, 3.05) is 39.5 Å². The van der Waals surface area contributed by atoms with Gasteiger partial charge < -0.3 is 79.6 Å². The number of fused-ring (bicyclic) bond motifs is 1. The van der Waals surface area contributed by atoms with Crippen LogP contribution in [0.3, 0.4) is 0 Å². The minimum absolute atomic E-state index is 0.0340. The summed E-state index contributed by atoms with van der Waals surface area (Å²) in [6.07, 6.45) is 3.23. The van der Waals surface area contributed by atoms with Crippen LogP contribution in [0.25, 0.3) is 10.9 Å². The number of phenolic OH excluding ortho intramolecular Hbond substituents is 1. The van der Waals surface area contributed by atoms with Crippen molar-refractivity contribution in [2.24, 2.45) is 23.3 Å². The van der Waals surface area contributed by atoms with Gasteiger partial charge in [-0.15, -0.1) is 0 Å². The zero-order valence-corrected chi connectivity index (χ0v) is 89.5. The van der Waals surface area contributed by atoms with Crippen LogP contribution >= 0.6 is 0 Å². The van der Waals surface area contributed by atoms with E-state index in [4.69, 9.17) is 11.5 Å². The summed E-state index contributed by atoms with van der Waals surface area (Å²) >= 11 is 0. The lowest BCUT2D eigenvalue weighted by Crippen LogP contribution is -2.66. The Balaban J connectivity index is 1.45. The van der Waals surface area contributed by atoms with Gasteiger partial charge in [-0.2, -0.15) is 0 Å². The van der Waals surface area contributed by atoms with E-state index in [0.29, 0.717) is 66.1 Å². The van der Waals surface area contributed by atoms with E-state index < -0.39 is 221 Å². The minimum Gasteiger partial charge on any atom is -0.508 e. The van der Waals surface area contributed by atoms with Gasteiger partial charge in [0.1, 0.15) is 41.0 Å². The Morgan fingerprint density at radius 3 is 1.63 bits per heavy atom. The van der Waals surface area contributed by atoms with Gasteiger partial charge in [0, 0.05) is 102 Å². The molecule has 0 radical (unpaired) electrons. The predicted octanol–water partition coefficient (Wildman–Crippen LogP) is 1.85. The second-order valence-electron chi connectivity index (χ2n) is 40.6. The Kier molecular flexibility index (Phi) is 56.5. The number of nitrogens with one attached hydrogen (secondary N) is 18. The normalized spacial score (nSPS) is 21.7. The van der Waals surface area contributed by atoms with Gasteiger partial charge in [-0.05, 0) is 199 Å². The van der Waals surface area contributed by atoms with Crippen LogP contribution in [-0.4, -0.2) is 284 Å². The lowest BCUT2D eigenvalue weighted by molar-refractivity contribution is -0.143. The number of phenols is 1. The molecule has 25 N–H and O–H groups in total. The summed E-state index contributed by atoms with van der Waals surface area (Å²) in [7, 11) is 0. The van der Waals surface area contributed by atoms with Crippen LogP contribution in [0.5, 0.6) is 5.75 Å². The van der Waals surface area contributed by atoms with Crippen molar-refractivity contribution in [2.45, 2.75) is 366 Å². The fraction of sp³-hybridized carbons (Fsp3) is 0.607. The average Bonchev–Trinajstić information content (AvgIpc) is 1.57. The number of hydrazine groups is 2. The number of carbonyl (C=O) groups is 20. The number of nitrogens with two attached hydrogens (primary N) is 2. The van der Waals surface area contributed by atoms with Gasteiger partial charge in [0.25, 0.3) is 0 Å². The van der Waals surface area contributed by atoms with Gasteiger partial charge in [-0.25, -0.2) is 21.7 Å². The van der Waals surface area contributed by atoms with E-state index in [-0.39, 0.29) is 176 Å². The molecule has 1 aliphatic rings. The first-order valence-corrected chi connectivity index (χ1v) is 52.1. The third-order valence-electron chi connectivity index (χ3n) is 26.7. The molecule has 0 unspecified atom stereocenters. The summed E-state index contributed by atoms with van der Waals surface area (Å²) in [5.74, 6) is -15.3. The predicted molar refractivity (Wildman–Crippen MR) is 564 cm³/mol.